The maximum Gasteiger partial charge on any atom is 0.126 e. The van der Waals surface area contributed by atoms with E-state index < -0.39 is 17.7 Å². The molecule has 0 aromatic heterocycles. The van der Waals surface area contributed by atoms with E-state index >= 15 is 0 Å². The lowest BCUT2D eigenvalue weighted by Crippen LogP contribution is -2.17. The molecule has 1 aromatic rings. The Bertz CT molecular complexity index is 786. The number of rotatable bonds is 7. The van der Waals surface area contributed by atoms with Crippen LogP contribution in [-0.4, -0.2) is 18.5 Å². The Labute approximate surface area is 208 Å². The third-order valence-electron chi connectivity index (χ3n) is 6.20. The molecule has 0 spiro atoms. The van der Waals surface area contributed by atoms with Gasteiger partial charge in [0, 0.05) is 25.4 Å². The summed E-state index contributed by atoms with van der Waals surface area (Å²) in [6, 6.07) is 3.52. The molecule has 0 unspecified atom stereocenters. The van der Waals surface area contributed by atoms with Crippen molar-refractivity contribution < 1.29 is 13.5 Å². The zero-order valence-electron chi connectivity index (χ0n) is 23.4. The predicted octanol–water partition coefficient (Wildman–Crippen LogP) is 9.75. The standard InChI is InChI=1S/C22H29F2NO.C6H14.C2H6/c1-6-25(5)21-11-16(3)22(10-8-7-9-15(21)2)26-17(4)18-12-19(23)14-20(24)13-18;1-4-6(3)5-2;1-2/h10-14,17H,6-9H2,1-5H3;6H,4-5H2,1-3H3;1-2H3/b16-11-,21-15+,22-10-;;/t17-;;/m0../s1. The lowest BCUT2D eigenvalue weighted by molar-refractivity contribution is 0.138. The predicted molar refractivity (Wildman–Crippen MR) is 144 cm³/mol. The first-order valence-electron chi connectivity index (χ1n) is 13.0. The highest BCUT2D eigenvalue weighted by Gasteiger charge is 2.15. The molecule has 194 valence electrons. The molecule has 1 aliphatic rings. The van der Waals surface area contributed by atoms with Crippen molar-refractivity contribution in [2.45, 2.75) is 101 Å². The van der Waals surface area contributed by atoms with E-state index in [4.69, 9.17) is 4.74 Å². The number of benzene rings is 1. The Morgan fingerprint density at radius 1 is 0.971 bits per heavy atom. The first-order chi connectivity index (χ1) is 16.1. The van der Waals surface area contributed by atoms with Crippen LogP contribution in [0.2, 0.25) is 0 Å². The van der Waals surface area contributed by atoms with Crippen molar-refractivity contribution in [1.82, 2.24) is 4.90 Å². The normalized spacial score (nSPS) is 20.0. The minimum absolute atomic E-state index is 0.437. The summed E-state index contributed by atoms with van der Waals surface area (Å²) in [7, 11) is 2.09. The van der Waals surface area contributed by atoms with E-state index in [0.29, 0.717) is 5.56 Å². The Balaban J connectivity index is 0.00000118. The molecule has 0 amide bonds. The fraction of sp³-hybridized carbons (Fsp3) is 0.600. The van der Waals surface area contributed by atoms with Crippen molar-refractivity contribution in [2.24, 2.45) is 5.92 Å². The highest BCUT2D eigenvalue weighted by Crippen LogP contribution is 2.29. The van der Waals surface area contributed by atoms with E-state index in [1.807, 2.05) is 27.7 Å². The van der Waals surface area contributed by atoms with Gasteiger partial charge in [-0.05, 0) is 93.9 Å². The molecule has 0 heterocycles. The second kappa shape index (κ2) is 17.4. The van der Waals surface area contributed by atoms with Crippen LogP contribution in [0.3, 0.4) is 0 Å². The highest BCUT2D eigenvalue weighted by molar-refractivity contribution is 5.35. The van der Waals surface area contributed by atoms with Crippen LogP contribution in [0.4, 0.5) is 8.78 Å². The third-order valence-corrected chi connectivity index (χ3v) is 6.20. The van der Waals surface area contributed by atoms with Crippen LogP contribution in [0, 0.1) is 17.6 Å². The summed E-state index contributed by atoms with van der Waals surface area (Å²) in [5, 5.41) is 0. The molecule has 2 rings (SSSR count). The van der Waals surface area contributed by atoms with Gasteiger partial charge in [-0.1, -0.05) is 47.5 Å². The first kappa shape index (κ1) is 31.9. The molecule has 34 heavy (non-hydrogen) atoms. The van der Waals surface area contributed by atoms with E-state index in [9.17, 15) is 8.78 Å². The average molecular weight is 478 g/mol. The van der Waals surface area contributed by atoms with Crippen LogP contribution < -0.4 is 0 Å². The Morgan fingerprint density at radius 3 is 2.00 bits per heavy atom. The number of hydrogen-bond acceptors (Lipinski definition) is 2. The van der Waals surface area contributed by atoms with Gasteiger partial charge in [-0.3, -0.25) is 0 Å². The molecule has 2 nitrogen and oxygen atoms in total. The van der Waals surface area contributed by atoms with Gasteiger partial charge in [0.25, 0.3) is 0 Å². The molecule has 0 bridgehead atoms. The number of ether oxygens (including phenoxy) is 1. The summed E-state index contributed by atoms with van der Waals surface area (Å²) in [5.74, 6) is 0.539. The molecular weight excluding hydrogens is 428 g/mol. The van der Waals surface area contributed by atoms with E-state index in [-0.39, 0.29) is 0 Å². The minimum atomic E-state index is -0.587. The lowest BCUT2D eigenvalue weighted by atomic mass is 10.1. The van der Waals surface area contributed by atoms with E-state index in [1.54, 1.807) is 0 Å². The van der Waals surface area contributed by atoms with Crippen molar-refractivity contribution in [3.8, 4) is 0 Å². The average Bonchev–Trinajstić information content (AvgIpc) is 2.89. The molecule has 0 saturated carbocycles. The number of likely N-dealkylation sites (N-methyl/N-ethyl adjacent to an activating group) is 1. The van der Waals surface area contributed by atoms with Crippen LogP contribution in [0.1, 0.15) is 106 Å². The summed E-state index contributed by atoms with van der Waals surface area (Å²) in [6.45, 7) is 19.8. The molecule has 0 aliphatic heterocycles. The van der Waals surface area contributed by atoms with Gasteiger partial charge in [0.05, 0.1) is 0 Å². The maximum absolute atomic E-state index is 13.5. The van der Waals surface area contributed by atoms with Crippen molar-refractivity contribution in [3.05, 3.63) is 70.2 Å². The van der Waals surface area contributed by atoms with Crippen molar-refractivity contribution in [3.63, 3.8) is 0 Å². The summed E-state index contributed by atoms with van der Waals surface area (Å²) >= 11 is 0. The van der Waals surface area contributed by atoms with Crippen LogP contribution >= 0.6 is 0 Å². The van der Waals surface area contributed by atoms with Crippen LogP contribution in [0.25, 0.3) is 0 Å². The zero-order chi connectivity index (χ0) is 26.3. The molecule has 1 aliphatic carbocycles. The van der Waals surface area contributed by atoms with Crippen LogP contribution in [0.5, 0.6) is 0 Å². The smallest absolute Gasteiger partial charge is 0.126 e. The van der Waals surface area contributed by atoms with Gasteiger partial charge in [0.2, 0.25) is 0 Å². The molecule has 0 fully saturated rings. The van der Waals surface area contributed by atoms with Gasteiger partial charge in [-0.25, -0.2) is 8.78 Å². The molecular formula is C30H49F2NO. The quantitative estimate of drug-likeness (QED) is 0.387. The van der Waals surface area contributed by atoms with Gasteiger partial charge in [-0.15, -0.1) is 0 Å². The first-order valence-corrected chi connectivity index (χ1v) is 13.0. The van der Waals surface area contributed by atoms with E-state index in [2.05, 4.69) is 58.7 Å². The van der Waals surface area contributed by atoms with Gasteiger partial charge in [0.15, 0.2) is 0 Å². The molecule has 0 saturated heterocycles. The topological polar surface area (TPSA) is 12.5 Å². The maximum atomic E-state index is 13.5. The van der Waals surface area contributed by atoms with E-state index in [0.717, 1.165) is 49.1 Å². The van der Waals surface area contributed by atoms with Crippen molar-refractivity contribution in [2.75, 3.05) is 13.6 Å². The molecule has 4 heteroatoms. The SMILES string of the molecule is CC.CCC(C)CC.CCN(C)C1=C(\C)CCC/C=C(O[C@@H](C)c2cc(F)cc(F)c2)/C(C)=C\1. The molecule has 0 radical (unpaired) electrons. The Morgan fingerprint density at radius 2 is 1.53 bits per heavy atom. The fourth-order valence-corrected chi connectivity index (χ4v) is 3.39. The summed E-state index contributed by atoms with van der Waals surface area (Å²) in [4.78, 5) is 2.23. The van der Waals surface area contributed by atoms with Gasteiger partial charge in [-0.2, -0.15) is 0 Å². The van der Waals surface area contributed by atoms with Crippen molar-refractivity contribution in [1.29, 1.82) is 0 Å². The van der Waals surface area contributed by atoms with E-state index in [1.165, 1.54) is 36.2 Å². The third kappa shape index (κ3) is 11.4. The van der Waals surface area contributed by atoms with Crippen LogP contribution in [0.15, 0.2) is 53.0 Å². The summed E-state index contributed by atoms with van der Waals surface area (Å²) < 4.78 is 33.1. The molecule has 0 N–H and O–H groups in total. The lowest BCUT2D eigenvalue weighted by Gasteiger charge is -2.23. The van der Waals surface area contributed by atoms with Gasteiger partial charge >= 0.3 is 0 Å². The Hall–Kier alpha value is -2.10. The zero-order valence-corrected chi connectivity index (χ0v) is 23.4. The summed E-state index contributed by atoms with van der Waals surface area (Å²) in [6.07, 6.45) is 9.45. The minimum Gasteiger partial charge on any atom is -0.486 e. The monoisotopic (exact) mass is 477 g/mol. The second-order valence-corrected chi connectivity index (χ2v) is 8.85. The second-order valence-electron chi connectivity index (χ2n) is 8.85. The number of nitrogens with zero attached hydrogens (tertiary/aromatic N) is 1. The van der Waals surface area contributed by atoms with Crippen molar-refractivity contribution >= 4 is 0 Å². The van der Waals surface area contributed by atoms with Crippen LogP contribution in [-0.2, 0) is 4.74 Å². The number of halogens is 2. The van der Waals surface area contributed by atoms with Gasteiger partial charge in [0.1, 0.15) is 23.5 Å². The molecule has 1 atom stereocenters. The fourth-order valence-electron chi connectivity index (χ4n) is 3.39. The Kier molecular flexibility index (Phi) is 16.3. The highest BCUT2D eigenvalue weighted by atomic mass is 19.1. The van der Waals surface area contributed by atoms with Gasteiger partial charge < -0.3 is 9.64 Å². The molecule has 1 aromatic carbocycles. The number of allylic oxidation sites excluding steroid dienone is 4. The number of hydrogen-bond donors (Lipinski definition) is 0. The largest absolute Gasteiger partial charge is 0.486 e. The summed E-state index contributed by atoms with van der Waals surface area (Å²) in [5.41, 5.74) is 4.09.